The lowest BCUT2D eigenvalue weighted by molar-refractivity contribution is 0.0963. The van der Waals surface area contributed by atoms with Crippen LogP contribution in [0.2, 0.25) is 5.02 Å². The molecule has 2 atom stereocenters. The standard InChI is InChI=1S/C22H21ClN4OS2/c1-13-5-4-6-14(9-13)12-29-22-25-11-17(23)19(26-22)20(28)27-21-16(10-24)15-7-2-3-8-18(15)30-21/h4-6,9,11,15,18H,2-3,7-8,12H2,1H3,(H,27,28)/t15-,18+/m1/s1. The average Bonchev–Trinajstić information content (AvgIpc) is 3.10. The van der Waals surface area contributed by atoms with Crippen LogP contribution in [0.5, 0.6) is 0 Å². The summed E-state index contributed by atoms with van der Waals surface area (Å²) in [5.74, 6) is 0.548. The molecule has 1 aromatic carbocycles. The predicted molar refractivity (Wildman–Crippen MR) is 121 cm³/mol. The number of nitriles is 1. The molecule has 1 saturated carbocycles. The van der Waals surface area contributed by atoms with Crippen molar-refractivity contribution in [3.63, 3.8) is 0 Å². The van der Waals surface area contributed by atoms with E-state index in [0.29, 0.717) is 26.8 Å². The molecule has 5 nitrogen and oxygen atoms in total. The van der Waals surface area contributed by atoms with E-state index in [4.69, 9.17) is 11.6 Å². The summed E-state index contributed by atoms with van der Waals surface area (Å²) >= 11 is 9.28. The van der Waals surface area contributed by atoms with Crippen LogP contribution < -0.4 is 5.32 Å². The normalized spacial score (nSPS) is 20.6. The molecule has 30 heavy (non-hydrogen) atoms. The molecule has 2 aliphatic rings. The Kier molecular flexibility index (Phi) is 6.67. The average molecular weight is 457 g/mol. The first-order chi connectivity index (χ1) is 14.5. The summed E-state index contributed by atoms with van der Waals surface area (Å²) in [6, 6.07) is 10.5. The molecule has 0 unspecified atom stereocenters. The highest BCUT2D eigenvalue weighted by atomic mass is 35.5. The van der Waals surface area contributed by atoms with Crippen molar-refractivity contribution >= 4 is 41.0 Å². The number of benzene rings is 1. The molecule has 1 aliphatic carbocycles. The van der Waals surface area contributed by atoms with E-state index < -0.39 is 5.91 Å². The van der Waals surface area contributed by atoms with Crippen molar-refractivity contribution in [1.29, 1.82) is 5.26 Å². The Labute approximate surface area is 189 Å². The first kappa shape index (κ1) is 21.2. The molecule has 2 aromatic rings. The summed E-state index contributed by atoms with van der Waals surface area (Å²) in [4.78, 5) is 21.5. The van der Waals surface area contributed by atoms with Crippen LogP contribution in [-0.2, 0) is 5.75 Å². The molecule has 1 aromatic heterocycles. The van der Waals surface area contributed by atoms with Gasteiger partial charge in [-0.25, -0.2) is 9.97 Å². The number of nitrogens with zero attached hydrogens (tertiary/aromatic N) is 3. The van der Waals surface area contributed by atoms with Crippen LogP contribution in [0, 0.1) is 24.2 Å². The Morgan fingerprint density at radius 2 is 2.23 bits per heavy atom. The van der Waals surface area contributed by atoms with E-state index in [9.17, 15) is 10.1 Å². The molecule has 4 rings (SSSR count). The maximum atomic E-state index is 12.9. The van der Waals surface area contributed by atoms with Crippen molar-refractivity contribution in [3.8, 4) is 6.07 Å². The number of amides is 1. The van der Waals surface area contributed by atoms with Crippen molar-refractivity contribution in [2.75, 3.05) is 0 Å². The van der Waals surface area contributed by atoms with Gasteiger partial charge in [-0.15, -0.1) is 11.8 Å². The zero-order valence-electron chi connectivity index (χ0n) is 16.5. The molecule has 1 amide bonds. The van der Waals surface area contributed by atoms with Crippen molar-refractivity contribution < 1.29 is 4.79 Å². The Hall–Kier alpha value is -2.01. The van der Waals surface area contributed by atoms with E-state index in [1.807, 2.05) is 6.07 Å². The van der Waals surface area contributed by atoms with Crippen molar-refractivity contribution in [2.45, 2.75) is 48.8 Å². The number of nitrogens with one attached hydrogen (secondary N) is 1. The van der Waals surface area contributed by atoms with Crippen molar-refractivity contribution in [3.05, 3.63) is 62.9 Å². The Morgan fingerprint density at radius 3 is 3.03 bits per heavy atom. The molecule has 1 fully saturated rings. The molecule has 0 radical (unpaired) electrons. The highest BCUT2D eigenvalue weighted by molar-refractivity contribution is 8.04. The fraction of sp³-hybridized carbons (Fsp3) is 0.364. The van der Waals surface area contributed by atoms with E-state index in [1.54, 1.807) is 11.8 Å². The first-order valence-electron chi connectivity index (χ1n) is 9.88. The number of carbonyl (C=O) groups is 1. The second-order valence-corrected chi connectivity index (χ2v) is 10.1. The molecule has 2 heterocycles. The summed E-state index contributed by atoms with van der Waals surface area (Å²) in [6.45, 7) is 2.05. The van der Waals surface area contributed by atoms with Gasteiger partial charge in [0.05, 0.1) is 27.9 Å². The van der Waals surface area contributed by atoms with Crippen molar-refractivity contribution in [1.82, 2.24) is 15.3 Å². The van der Waals surface area contributed by atoms with Crippen LogP contribution in [0.15, 0.2) is 46.2 Å². The third kappa shape index (κ3) is 4.66. The highest BCUT2D eigenvalue weighted by Crippen LogP contribution is 2.47. The second-order valence-electron chi connectivity index (χ2n) is 7.48. The third-order valence-electron chi connectivity index (χ3n) is 5.32. The minimum absolute atomic E-state index is 0.138. The van der Waals surface area contributed by atoms with Gasteiger partial charge in [-0.05, 0) is 25.3 Å². The van der Waals surface area contributed by atoms with Crippen LogP contribution in [0.3, 0.4) is 0 Å². The minimum atomic E-state index is -0.395. The van der Waals surface area contributed by atoms with Gasteiger partial charge >= 0.3 is 0 Å². The quantitative estimate of drug-likeness (QED) is 0.472. The summed E-state index contributed by atoms with van der Waals surface area (Å²) in [6.07, 6.45) is 5.85. The number of thioether (sulfide) groups is 2. The van der Waals surface area contributed by atoms with Crippen LogP contribution in [-0.4, -0.2) is 21.1 Å². The van der Waals surface area contributed by atoms with Crippen LogP contribution >= 0.6 is 35.1 Å². The number of allylic oxidation sites excluding steroid dienone is 1. The number of aryl methyl sites for hydroxylation is 1. The lowest BCUT2D eigenvalue weighted by Gasteiger charge is -2.24. The maximum Gasteiger partial charge on any atom is 0.276 e. The molecule has 0 spiro atoms. The predicted octanol–water partition coefficient (Wildman–Crippen LogP) is 5.50. The minimum Gasteiger partial charge on any atom is -0.314 e. The summed E-state index contributed by atoms with van der Waals surface area (Å²) in [7, 11) is 0. The zero-order valence-corrected chi connectivity index (χ0v) is 18.9. The van der Waals surface area contributed by atoms with E-state index in [2.05, 4.69) is 46.5 Å². The summed E-state index contributed by atoms with van der Waals surface area (Å²) in [5.41, 5.74) is 3.19. The summed E-state index contributed by atoms with van der Waals surface area (Å²) in [5, 5.41) is 14.3. The smallest absolute Gasteiger partial charge is 0.276 e. The monoisotopic (exact) mass is 456 g/mol. The largest absolute Gasteiger partial charge is 0.314 e. The molecule has 1 N–H and O–H groups in total. The molecule has 8 heteroatoms. The number of rotatable bonds is 5. The molecule has 0 bridgehead atoms. The van der Waals surface area contributed by atoms with Crippen LogP contribution in [0.4, 0.5) is 0 Å². The number of hydrogen-bond acceptors (Lipinski definition) is 6. The van der Waals surface area contributed by atoms with Crippen LogP contribution in [0.1, 0.15) is 47.3 Å². The zero-order chi connectivity index (χ0) is 21.1. The summed E-state index contributed by atoms with van der Waals surface area (Å²) < 4.78 is 0. The highest BCUT2D eigenvalue weighted by Gasteiger charge is 2.38. The number of halogens is 1. The lowest BCUT2D eigenvalue weighted by atomic mass is 9.84. The Bertz CT molecular complexity index is 1050. The molecule has 0 saturated heterocycles. The van der Waals surface area contributed by atoms with Gasteiger partial charge in [0.25, 0.3) is 5.91 Å². The van der Waals surface area contributed by atoms with Gasteiger partial charge in [0.1, 0.15) is 0 Å². The number of hydrogen-bond donors (Lipinski definition) is 1. The van der Waals surface area contributed by atoms with Gasteiger partial charge in [-0.2, -0.15) is 5.26 Å². The molecular formula is C22H21ClN4OS2. The first-order valence-corrected chi connectivity index (χ1v) is 12.1. The number of carbonyl (C=O) groups excluding carboxylic acids is 1. The fourth-order valence-electron chi connectivity index (χ4n) is 3.87. The molecular weight excluding hydrogens is 436 g/mol. The van der Waals surface area contributed by atoms with E-state index in [0.717, 1.165) is 19.3 Å². The van der Waals surface area contributed by atoms with Crippen LogP contribution in [0.25, 0.3) is 0 Å². The fourth-order valence-corrected chi connectivity index (χ4v) is 6.31. The van der Waals surface area contributed by atoms with Gasteiger partial charge in [0, 0.05) is 16.9 Å². The lowest BCUT2D eigenvalue weighted by Crippen LogP contribution is -2.23. The second kappa shape index (κ2) is 9.42. The van der Waals surface area contributed by atoms with Gasteiger partial charge < -0.3 is 5.32 Å². The van der Waals surface area contributed by atoms with Gasteiger partial charge in [0.15, 0.2) is 10.9 Å². The van der Waals surface area contributed by atoms with Gasteiger partial charge in [-0.1, -0.05) is 66.0 Å². The topological polar surface area (TPSA) is 78.7 Å². The molecule has 154 valence electrons. The number of fused-ring (bicyclic) bond motifs is 1. The SMILES string of the molecule is Cc1cccc(CSc2ncc(Cl)c(C(=O)NC3=C(C#N)[C@H]4CCCC[C@@H]4S3)n2)c1. The maximum absolute atomic E-state index is 12.9. The van der Waals surface area contributed by atoms with Gasteiger partial charge in [-0.3, -0.25) is 4.79 Å². The molecule has 1 aliphatic heterocycles. The van der Waals surface area contributed by atoms with Gasteiger partial charge in [0.2, 0.25) is 0 Å². The van der Waals surface area contributed by atoms with E-state index in [-0.39, 0.29) is 16.6 Å². The third-order valence-corrected chi connectivity index (χ3v) is 7.96. The Morgan fingerprint density at radius 1 is 1.40 bits per heavy atom. The van der Waals surface area contributed by atoms with E-state index in [1.165, 1.54) is 35.5 Å². The van der Waals surface area contributed by atoms with E-state index >= 15 is 0 Å². The Balaban J connectivity index is 1.48. The van der Waals surface area contributed by atoms with Crippen molar-refractivity contribution in [2.24, 2.45) is 5.92 Å². The number of aromatic nitrogens is 2.